The molecule has 0 saturated heterocycles. The van der Waals surface area contributed by atoms with Crippen LogP contribution < -0.4 is 0 Å². The lowest BCUT2D eigenvalue weighted by Crippen LogP contribution is -2.38. The second-order valence-corrected chi connectivity index (χ2v) is 7.23. The lowest BCUT2D eigenvalue weighted by molar-refractivity contribution is 0.0428. The van der Waals surface area contributed by atoms with Gasteiger partial charge in [-0.2, -0.15) is 5.26 Å². The van der Waals surface area contributed by atoms with Gasteiger partial charge in [-0.25, -0.2) is 8.78 Å². The molecule has 2 aromatic rings. The minimum absolute atomic E-state index is 0.245. The van der Waals surface area contributed by atoms with Crippen LogP contribution in [0.3, 0.4) is 0 Å². The van der Waals surface area contributed by atoms with Gasteiger partial charge in [0.1, 0.15) is 12.3 Å². The Kier molecular flexibility index (Phi) is 9.10. The number of nitriles is 1. The van der Waals surface area contributed by atoms with Crippen molar-refractivity contribution in [1.29, 1.82) is 5.26 Å². The Labute approximate surface area is 167 Å². The fourth-order valence-corrected chi connectivity index (χ4v) is 3.51. The summed E-state index contributed by atoms with van der Waals surface area (Å²) in [5.74, 6) is -0.245. The highest BCUT2D eigenvalue weighted by Crippen LogP contribution is 2.41. The minimum Gasteiger partial charge on any atom is -0.299 e. The van der Waals surface area contributed by atoms with Crippen molar-refractivity contribution in [1.82, 2.24) is 4.90 Å². The average Bonchev–Trinajstić information content (AvgIpc) is 2.73. The third-order valence-electron chi connectivity index (χ3n) is 5.25. The first-order valence-corrected chi connectivity index (χ1v) is 10.0. The van der Waals surface area contributed by atoms with E-state index in [1.807, 2.05) is 18.2 Å². The lowest BCUT2D eigenvalue weighted by Gasteiger charge is -2.34. The SMILES string of the molecule is CC#N.CCN(CCCc1ccc(C2CC(F)C2F)cc1)Cc1ccccc1. The standard InChI is InChI=1S/C22H27F2N.C2H3N/c1-2-25(16-18-7-4-3-5-8-18)14-6-9-17-10-12-19(13-11-17)20-15-21(23)22(20)24;1-2-3/h3-5,7-8,10-13,20-22H,2,6,9,14-16H2,1H3;1H3. The highest BCUT2D eigenvalue weighted by atomic mass is 19.2. The summed E-state index contributed by atoms with van der Waals surface area (Å²) < 4.78 is 26.5. The summed E-state index contributed by atoms with van der Waals surface area (Å²) in [5.41, 5.74) is 3.55. The van der Waals surface area contributed by atoms with Gasteiger partial charge in [0.2, 0.25) is 0 Å². The molecule has 0 amide bonds. The molecule has 0 aliphatic heterocycles. The molecule has 4 heteroatoms. The molecule has 1 aliphatic carbocycles. The summed E-state index contributed by atoms with van der Waals surface area (Å²) in [4.78, 5) is 2.45. The van der Waals surface area contributed by atoms with E-state index >= 15 is 0 Å². The number of hydrogen-bond donors (Lipinski definition) is 0. The van der Waals surface area contributed by atoms with Crippen molar-refractivity contribution in [2.24, 2.45) is 0 Å². The van der Waals surface area contributed by atoms with Gasteiger partial charge in [-0.05, 0) is 49.0 Å². The molecule has 3 unspecified atom stereocenters. The lowest BCUT2D eigenvalue weighted by atomic mass is 9.76. The third-order valence-corrected chi connectivity index (χ3v) is 5.25. The van der Waals surface area contributed by atoms with Crippen LogP contribution in [0.15, 0.2) is 54.6 Å². The second-order valence-electron chi connectivity index (χ2n) is 7.23. The molecule has 0 radical (unpaired) electrons. The summed E-state index contributed by atoms with van der Waals surface area (Å²) in [5, 5.41) is 7.32. The Balaban J connectivity index is 0.000000878. The smallest absolute Gasteiger partial charge is 0.138 e. The predicted molar refractivity (Wildman–Crippen MR) is 111 cm³/mol. The molecule has 1 saturated carbocycles. The highest BCUT2D eigenvalue weighted by molar-refractivity contribution is 5.29. The maximum atomic E-state index is 13.5. The Hall–Kier alpha value is -2.25. The van der Waals surface area contributed by atoms with Gasteiger partial charge in [0, 0.05) is 19.4 Å². The molecule has 150 valence electrons. The van der Waals surface area contributed by atoms with Gasteiger partial charge >= 0.3 is 0 Å². The zero-order valence-electron chi connectivity index (χ0n) is 16.8. The molecule has 1 fully saturated rings. The van der Waals surface area contributed by atoms with Crippen LogP contribution in [0.5, 0.6) is 0 Å². The first-order valence-electron chi connectivity index (χ1n) is 10.0. The molecule has 1 aliphatic rings. The van der Waals surface area contributed by atoms with Crippen molar-refractivity contribution in [2.75, 3.05) is 13.1 Å². The normalized spacial score (nSPS) is 20.6. The van der Waals surface area contributed by atoms with Gasteiger partial charge in [0.15, 0.2) is 0 Å². The second kappa shape index (κ2) is 11.6. The quantitative estimate of drug-likeness (QED) is 0.572. The monoisotopic (exact) mass is 384 g/mol. The van der Waals surface area contributed by atoms with E-state index in [2.05, 4.69) is 48.2 Å². The Morgan fingerprint density at radius 1 is 1.04 bits per heavy atom. The van der Waals surface area contributed by atoms with E-state index in [0.717, 1.165) is 38.0 Å². The van der Waals surface area contributed by atoms with Crippen LogP contribution >= 0.6 is 0 Å². The van der Waals surface area contributed by atoms with E-state index in [-0.39, 0.29) is 5.92 Å². The van der Waals surface area contributed by atoms with Crippen molar-refractivity contribution in [3.05, 3.63) is 71.3 Å². The summed E-state index contributed by atoms with van der Waals surface area (Å²) >= 11 is 0. The molecule has 0 heterocycles. The van der Waals surface area contributed by atoms with Gasteiger partial charge in [-0.1, -0.05) is 61.5 Å². The van der Waals surface area contributed by atoms with Crippen LogP contribution in [0.1, 0.15) is 49.3 Å². The molecule has 0 spiro atoms. The van der Waals surface area contributed by atoms with Crippen molar-refractivity contribution in [3.63, 3.8) is 0 Å². The summed E-state index contributed by atoms with van der Waals surface area (Å²) in [6.07, 6.45) is -0.148. The van der Waals surface area contributed by atoms with Crippen LogP contribution in [0, 0.1) is 11.3 Å². The van der Waals surface area contributed by atoms with Gasteiger partial charge in [-0.3, -0.25) is 4.90 Å². The van der Waals surface area contributed by atoms with Crippen molar-refractivity contribution in [2.45, 2.75) is 57.9 Å². The number of halogens is 2. The molecule has 3 rings (SSSR count). The molecular formula is C24H30F2N2. The summed E-state index contributed by atoms with van der Waals surface area (Å²) in [6, 6.07) is 20.4. The van der Waals surface area contributed by atoms with E-state index in [1.54, 1.807) is 6.07 Å². The van der Waals surface area contributed by atoms with Gasteiger partial charge < -0.3 is 0 Å². The fraction of sp³-hybridized carbons (Fsp3) is 0.458. The average molecular weight is 385 g/mol. The van der Waals surface area contributed by atoms with Crippen LogP contribution in [-0.4, -0.2) is 30.3 Å². The number of rotatable bonds is 8. The maximum absolute atomic E-state index is 13.5. The topological polar surface area (TPSA) is 27.0 Å². The third kappa shape index (κ3) is 6.42. The maximum Gasteiger partial charge on any atom is 0.138 e. The van der Waals surface area contributed by atoms with Crippen molar-refractivity contribution >= 4 is 0 Å². The molecule has 2 aromatic carbocycles. The largest absolute Gasteiger partial charge is 0.299 e. The summed E-state index contributed by atoms with van der Waals surface area (Å²) in [6.45, 7) is 6.71. The molecule has 0 N–H and O–H groups in total. The Bertz CT molecular complexity index is 725. The van der Waals surface area contributed by atoms with E-state index in [0.29, 0.717) is 6.42 Å². The van der Waals surface area contributed by atoms with Crippen LogP contribution in [0.4, 0.5) is 8.78 Å². The first kappa shape index (κ1) is 22.0. The van der Waals surface area contributed by atoms with E-state index in [9.17, 15) is 8.78 Å². The zero-order valence-corrected chi connectivity index (χ0v) is 16.8. The van der Waals surface area contributed by atoms with E-state index < -0.39 is 12.3 Å². The molecule has 28 heavy (non-hydrogen) atoms. The van der Waals surface area contributed by atoms with Crippen LogP contribution in [-0.2, 0) is 13.0 Å². The summed E-state index contributed by atoms with van der Waals surface area (Å²) in [7, 11) is 0. The number of benzene rings is 2. The van der Waals surface area contributed by atoms with E-state index in [1.165, 1.54) is 18.1 Å². The molecule has 2 nitrogen and oxygen atoms in total. The first-order chi connectivity index (χ1) is 13.6. The van der Waals surface area contributed by atoms with E-state index in [4.69, 9.17) is 5.26 Å². The Morgan fingerprint density at radius 2 is 1.68 bits per heavy atom. The Morgan fingerprint density at radius 3 is 2.21 bits per heavy atom. The number of nitrogens with zero attached hydrogens (tertiary/aromatic N) is 2. The number of alkyl halides is 2. The molecule has 0 aromatic heterocycles. The van der Waals surface area contributed by atoms with Gasteiger partial charge in [-0.15, -0.1) is 0 Å². The number of hydrogen-bond acceptors (Lipinski definition) is 2. The molecule has 3 atom stereocenters. The van der Waals surface area contributed by atoms with Crippen LogP contribution in [0.2, 0.25) is 0 Å². The van der Waals surface area contributed by atoms with Gasteiger partial charge in [0.05, 0.1) is 6.07 Å². The minimum atomic E-state index is -1.32. The molecular weight excluding hydrogens is 354 g/mol. The zero-order chi connectivity index (χ0) is 20.4. The fourth-order valence-electron chi connectivity index (χ4n) is 3.51. The number of aryl methyl sites for hydroxylation is 1. The predicted octanol–water partition coefficient (Wildman–Crippen LogP) is 5.83. The van der Waals surface area contributed by atoms with Crippen molar-refractivity contribution in [3.8, 4) is 6.07 Å². The van der Waals surface area contributed by atoms with Gasteiger partial charge in [0.25, 0.3) is 0 Å². The van der Waals surface area contributed by atoms with Crippen molar-refractivity contribution < 1.29 is 8.78 Å². The highest BCUT2D eigenvalue weighted by Gasteiger charge is 2.42. The van der Waals surface area contributed by atoms with Crippen LogP contribution in [0.25, 0.3) is 0 Å². The molecule has 0 bridgehead atoms.